The number of hydrogen-bond donors (Lipinski definition) is 0. The molecule has 96 valence electrons. The quantitative estimate of drug-likeness (QED) is 0.840. The van der Waals surface area contributed by atoms with Gasteiger partial charge in [0.25, 0.3) is 0 Å². The minimum atomic E-state index is -4.73. The Balaban J connectivity index is 2.33. The standard InChI is InChI=1S/C11H8BrF3N2O/c1-7-2-4-8(5-3-7)17-10(12)9(6-16-17)18-11(13,14)15/h2-6H,1H3. The molecule has 0 bridgehead atoms. The third kappa shape index (κ3) is 2.84. The lowest BCUT2D eigenvalue weighted by molar-refractivity contribution is -0.274. The molecule has 0 fully saturated rings. The summed E-state index contributed by atoms with van der Waals surface area (Å²) in [6, 6.07) is 7.19. The van der Waals surface area contributed by atoms with Crippen LogP contribution >= 0.6 is 15.9 Å². The number of nitrogens with zero attached hydrogens (tertiary/aromatic N) is 2. The Hall–Kier alpha value is -1.50. The molecule has 0 aliphatic heterocycles. The van der Waals surface area contributed by atoms with Gasteiger partial charge < -0.3 is 4.74 Å². The Bertz CT molecular complexity index is 548. The monoisotopic (exact) mass is 320 g/mol. The van der Waals surface area contributed by atoms with E-state index >= 15 is 0 Å². The molecule has 1 heterocycles. The van der Waals surface area contributed by atoms with Crippen molar-refractivity contribution in [3.8, 4) is 11.4 Å². The van der Waals surface area contributed by atoms with Gasteiger partial charge in [-0.2, -0.15) is 5.10 Å². The fraction of sp³-hybridized carbons (Fsp3) is 0.182. The van der Waals surface area contributed by atoms with Gasteiger partial charge in [-0.1, -0.05) is 17.7 Å². The summed E-state index contributed by atoms with van der Waals surface area (Å²) in [5, 5.41) is 3.84. The van der Waals surface area contributed by atoms with E-state index in [4.69, 9.17) is 0 Å². The Morgan fingerprint density at radius 3 is 2.39 bits per heavy atom. The molecule has 0 spiro atoms. The zero-order valence-electron chi connectivity index (χ0n) is 9.20. The number of alkyl halides is 3. The first-order chi connectivity index (χ1) is 8.37. The van der Waals surface area contributed by atoms with E-state index in [1.807, 2.05) is 19.1 Å². The third-order valence-electron chi connectivity index (χ3n) is 2.18. The minimum absolute atomic E-state index is 0.115. The SMILES string of the molecule is Cc1ccc(-n2ncc(OC(F)(F)F)c2Br)cc1. The first-order valence-electron chi connectivity index (χ1n) is 4.93. The van der Waals surface area contributed by atoms with Crippen molar-refractivity contribution in [3.05, 3.63) is 40.6 Å². The average Bonchev–Trinajstić information content (AvgIpc) is 2.60. The van der Waals surface area contributed by atoms with E-state index in [-0.39, 0.29) is 10.4 Å². The van der Waals surface area contributed by atoms with Gasteiger partial charge in [0.15, 0.2) is 10.4 Å². The molecule has 0 radical (unpaired) electrons. The van der Waals surface area contributed by atoms with Crippen LogP contribution in [0.4, 0.5) is 13.2 Å². The largest absolute Gasteiger partial charge is 0.573 e. The number of halogens is 4. The summed E-state index contributed by atoms with van der Waals surface area (Å²) in [6.45, 7) is 1.92. The summed E-state index contributed by atoms with van der Waals surface area (Å²) in [5.74, 6) is -0.372. The predicted octanol–water partition coefficient (Wildman–Crippen LogP) is 3.84. The van der Waals surface area contributed by atoms with E-state index in [1.165, 1.54) is 4.68 Å². The molecule has 0 saturated heterocycles. The van der Waals surface area contributed by atoms with Gasteiger partial charge >= 0.3 is 6.36 Å². The van der Waals surface area contributed by atoms with Crippen LogP contribution in [0.15, 0.2) is 35.1 Å². The van der Waals surface area contributed by atoms with Crippen LogP contribution in [0.5, 0.6) is 5.75 Å². The Morgan fingerprint density at radius 1 is 1.22 bits per heavy atom. The normalized spacial score (nSPS) is 11.6. The summed E-state index contributed by atoms with van der Waals surface area (Å²) in [7, 11) is 0. The third-order valence-corrected chi connectivity index (χ3v) is 2.91. The summed E-state index contributed by atoms with van der Waals surface area (Å²) >= 11 is 3.03. The van der Waals surface area contributed by atoms with E-state index < -0.39 is 6.36 Å². The fourth-order valence-electron chi connectivity index (χ4n) is 1.38. The van der Waals surface area contributed by atoms with Crippen LogP contribution in [0.25, 0.3) is 5.69 Å². The topological polar surface area (TPSA) is 27.1 Å². The molecular weight excluding hydrogens is 313 g/mol. The first-order valence-corrected chi connectivity index (χ1v) is 5.72. The van der Waals surface area contributed by atoms with Crippen molar-refractivity contribution in [2.45, 2.75) is 13.3 Å². The van der Waals surface area contributed by atoms with Crippen LogP contribution < -0.4 is 4.74 Å². The first kappa shape index (κ1) is 12.9. The molecule has 1 aromatic heterocycles. The van der Waals surface area contributed by atoms with Crippen molar-refractivity contribution in [1.29, 1.82) is 0 Å². The lowest BCUT2D eigenvalue weighted by atomic mass is 10.2. The highest BCUT2D eigenvalue weighted by Crippen LogP contribution is 2.31. The zero-order chi connectivity index (χ0) is 13.3. The maximum Gasteiger partial charge on any atom is 0.573 e. The van der Waals surface area contributed by atoms with Gasteiger partial charge in [0, 0.05) is 0 Å². The molecule has 0 unspecified atom stereocenters. The predicted molar refractivity (Wildman–Crippen MR) is 62.7 cm³/mol. The molecule has 0 aliphatic rings. The molecule has 18 heavy (non-hydrogen) atoms. The van der Waals surface area contributed by atoms with Gasteiger partial charge in [-0.15, -0.1) is 13.2 Å². The molecule has 0 N–H and O–H groups in total. The minimum Gasteiger partial charge on any atom is -0.401 e. The smallest absolute Gasteiger partial charge is 0.401 e. The highest BCUT2D eigenvalue weighted by atomic mass is 79.9. The summed E-state index contributed by atoms with van der Waals surface area (Å²) in [4.78, 5) is 0. The van der Waals surface area contributed by atoms with E-state index in [0.717, 1.165) is 11.8 Å². The molecule has 0 amide bonds. The average molecular weight is 321 g/mol. The second-order valence-electron chi connectivity index (χ2n) is 3.59. The van der Waals surface area contributed by atoms with Crippen LogP contribution in [0.1, 0.15) is 5.56 Å². The maximum absolute atomic E-state index is 12.1. The van der Waals surface area contributed by atoms with E-state index in [9.17, 15) is 13.2 Å². The number of rotatable bonds is 2. The van der Waals surface area contributed by atoms with Gasteiger partial charge in [-0.3, -0.25) is 0 Å². The number of aryl methyl sites for hydroxylation is 1. The molecule has 2 aromatic rings. The van der Waals surface area contributed by atoms with Crippen LogP contribution in [0.3, 0.4) is 0 Å². The fourth-order valence-corrected chi connectivity index (χ4v) is 1.86. The molecule has 0 atom stereocenters. The van der Waals surface area contributed by atoms with Gasteiger partial charge in [-0.05, 0) is 35.0 Å². The van der Waals surface area contributed by atoms with E-state index in [1.54, 1.807) is 12.1 Å². The Kier molecular flexibility index (Phi) is 3.34. The van der Waals surface area contributed by atoms with Crippen molar-refractivity contribution in [1.82, 2.24) is 9.78 Å². The van der Waals surface area contributed by atoms with Crippen molar-refractivity contribution in [2.75, 3.05) is 0 Å². The van der Waals surface area contributed by atoms with Crippen LogP contribution in [0.2, 0.25) is 0 Å². The van der Waals surface area contributed by atoms with Gasteiger partial charge in [0.2, 0.25) is 0 Å². The summed E-state index contributed by atoms with van der Waals surface area (Å²) in [6.07, 6.45) is -3.72. The maximum atomic E-state index is 12.1. The van der Waals surface area contributed by atoms with Crippen LogP contribution in [-0.2, 0) is 0 Å². The van der Waals surface area contributed by atoms with Crippen molar-refractivity contribution < 1.29 is 17.9 Å². The van der Waals surface area contributed by atoms with E-state index in [0.29, 0.717) is 5.69 Å². The molecule has 0 saturated carbocycles. The molecular formula is C11H8BrF3N2O. The lowest BCUT2D eigenvalue weighted by Gasteiger charge is -2.08. The van der Waals surface area contributed by atoms with Crippen LogP contribution in [0, 0.1) is 6.92 Å². The second kappa shape index (κ2) is 4.64. The highest BCUT2D eigenvalue weighted by molar-refractivity contribution is 9.10. The Morgan fingerprint density at radius 2 is 1.83 bits per heavy atom. The summed E-state index contributed by atoms with van der Waals surface area (Å²) < 4.78 is 41.6. The molecule has 0 aliphatic carbocycles. The van der Waals surface area contributed by atoms with Crippen molar-refractivity contribution in [3.63, 3.8) is 0 Å². The Labute approximate surface area is 109 Å². The highest BCUT2D eigenvalue weighted by Gasteiger charge is 2.33. The summed E-state index contributed by atoms with van der Waals surface area (Å²) in [5.41, 5.74) is 1.69. The van der Waals surface area contributed by atoms with Crippen molar-refractivity contribution >= 4 is 15.9 Å². The second-order valence-corrected chi connectivity index (χ2v) is 4.35. The number of ether oxygens (including phenoxy) is 1. The molecule has 1 aromatic carbocycles. The molecule has 7 heteroatoms. The molecule has 3 nitrogen and oxygen atoms in total. The van der Waals surface area contributed by atoms with Crippen LogP contribution in [-0.4, -0.2) is 16.1 Å². The van der Waals surface area contributed by atoms with Gasteiger partial charge in [0.1, 0.15) is 0 Å². The number of hydrogen-bond acceptors (Lipinski definition) is 2. The molecule has 2 rings (SSSR count). The van der Waals surface area contributed by atoms with Gasteiger partial charge in [0.05, 0.1) is 11.9 Å². The number of benzene rings is 1. The van der Waals surface area contributed by atoms with Gasteiger partial charge in [-0.25, -0.2) is 4.68 Å². The lowest BCUT2D eigenvalue weighted by Crippen LogP contribution is -2.17. The van der Waals surface area contributed by atoms with E-state index in [2.05, 4.69) is 25.8 Å². The zero-order valence-corrected chi connectivity index (χ0v) is 10.8. The number of aromatic nitrogens is 2. The van der Waals surface area contributed by atoms with Crippen molar-refractivity contribution in [2.24, 2.45) is 0 Å².